The SMILES string of the molecule is CC(C)(C)OCC(N)C(=O)OC(C)(C)C. The Morgan fingerprint density at radius 2 is 1.60 bits per heavy atom. The van der Waals surface area contributed by atoms with E-state index < -0.39 is 17.6 Å². The van der Waals surface area contributed by atoms with Gasteiger partial charge < -0.3 is 15.2 Å². The van der Waals surface area contributed by atoms with Crippen molar-refractivity contribution in [1.82, 2.24) is 0 Å². The summed E-state index contributed by atoms with van der Waals surface area (Å²) in [5, 5.41) is 0. The topological polar surface area (TPSA) is 61.5 Å². The molecule has 15 heavy (non-hydrogen) atoms. The highest BCUT2D eigenvalue weighted by molar-refractivity contribution is 5.76. The van der Waals surface area contributed by atoms with Crippen molar-refractivity contribution in [2.75, 3.05) is 6.61 Å². The van der Waals surface area contributed by atoms with E-state index in [1.807, 2.05) is 41.5 Å². The first-order valence-corrected chi connectivity index (χ1v) is 5.14. The minimum absolute atomic E-state index is 0.179. The lowest BCUT2D eigenvalue weighted by Crippen LogP contribution is -2.42. The van der Waals surface area contributed by atoms with Gasteiger partial charge >= 0.3 is 5.97 Å². The Morgan fingerprint density at radius 1 is 1.13 bits per heavy atom. The van der Waals surface area contributed by atoms with Crippen LogP contribution < -0.4 is 5.73 Å². The van der Waals surface area contributed by atoms with Gasteiger partial charge in [-0.3, -0.25) is 4.79 Å². The minimum Gasteiger partial charge on any atom is -0.459 e. The van der Waals surface area contributed by atoms with Crippen LogP contribution in [0.15, 0.2) is 0 Å². The predicted molar refractivity (Wildman–Crippen MR) is 59.5 cm³/mol. The molecule has 0 aromatic rings. The lowest BCUT2D eigenvalue weighted by Gasteiger charge is -2.25. The average Bonchev–Trinajstić information content (AvgIpc) is 1.95. The van der Waals surface area contributed by atoms with E-state index in [1.54, 1.807) is 0 Å². The average molecular weight is 217 g/mol. The molecule has 0 aliphatic rings. The van der Waals surface area contributed by atoms with Crippen LogP contribution in [0.2, 0.25) is 0 Å². The van der Waals surface area contributed by atoms with Gasteiger partial charge in [0.15, 0.2) is 0 Å². The summed E-state index contributed by atoms with van der Waals surface area (Å²) >= 11 is 0. The van der Waals surface area contributed by atoms with Crippen molar-refractivity contribution in [3.8, 4) is 0 Å². The van der Waals surface area contributed by atoms with Gasteiger partial charge in [0.2, 0.25) is 0 Å². The van der Waals surface area contributed by atoms with Crippen LogP contribution in [0, 0.1) is 0 Å². The van der Waals surface area contributed by atoms with Crippen molar-refractivity contribution in [3.63, 3.8) is 0 Å². The summed E-state index contributed by atoms with van der Waals surface area (Å²) in [5.74, 6) is -0.424. The molecule has 0 saturated heterocycles. The van der Waals surface area contributed by atoms with Crippen LogP contribution in [0.3, 0.4) is 0 Å². The van der Waals surface area contributed by atoms with Crippen molar-refractivity contribution in [2.45, 2.75) is 58.8 Å². The molecule has 1 unspecified atom stereocenters. The van der Waals surface area contributed by atoms with E-state index in [1.165, 1.54) is 0 Å². The molecule has 4 heteroatoms. The molecule has 0 aromatic heterocycles. The molecule has 90 valence electrons. The number of hydrogen-bond acceptors (Lipinski definition) is 4. The van der Waals surface area contributed by atoms with E-state index in [-0.39, 0.29) is 12.2 Å². The Morgan fingerprint density at radius 3 is 1.93 bits per heavy atom. The van der Waals surface area contributed by atoms with Crippen LogP contribution in [0.4, 0.5) is 0 Å². The Balaban J connectivity index is 4.01. The van der Waals surface area contributed by atoms with Crippen molar-refractivity contribution in [1.29, 1.82) is 0 Å². The number of nitrogens with two attached hydrogens (primary N) is 1. The molecule has 0 radical (unpaired) electrons. The first-order chi connectivity index (χ1) is 6.51. The number of esters is 1. The predicted octanol–water partition coefficient (Wildman–Crippen LogP) is 1.47. The van der Waals surface area contributed by atoms with Crippen LogP contribution in [-0.4, -0.2) is 29.8 Å². The summed E-state index contributed by atoms with van der Waals surface area (Å²) in [6.07, 6.45) is 0. The Hall–Kier alpha value is -0.610. The fraction of sp³-hybridized carbons (Fsp3) is 0.909. The molecule has 0 rings (SSSR count). The van der Waals surface area contributed by atoms with Gasteiger partial charge in [0.05, 0.1) is 12.2 Å². The molecular weight excluding hydrogens is 194 g/mol. The van der Waals surface area contributed by atoms with E-state index in [4.69, 9.17) is 15.2 Å². The second kappa shape index (κ2) is 4.94. The van der Waals surface area contributed by atoms with Gasteiger partial charge in [-0.15, -0.1) is 0 Å². The first kappa shape index (κ1) is 14.4. The molecule has 0 aromatic carbocycles. The van der Waals surface area contributed by atoms with Crippen LogP contribution in [0.1, 0.15) is 41.5 Å². The van der Waals surface area contributed by atoms with Crippen molar-refractivity contribution < 1.29 is 14.3 Å². The highest BCUT2D eigenvalue weighted by Crippen LogP contribution is 2.10. The number of carbonyl (C=O) groups excluding carboxylic acids is 1. The molecule has 1 atom stereocenters. The lowest BCUT2D eigenvalue weighted by atomic mass is 10.2. The third kappa shape index (κ3) is 8.39. The lowest BCUT2D eigenvalue weighted by molar-refractivity contribution is -0.159. The maximum atomic E-state index is 11.4. The van der Waals surface area contributed by atoms with Crippen LogP contribution in [0.5, 0.6) is 0 Å². The van der Waals surface area contributed by atoms with Gasteiger partial charge in [0.25, 0.3) is 0 Å². The molecule has 0 aliphatic heterocycles. The Bertz CT molecular complexity index is 213. The second-order valence-electron chi connectivity index (χ2n) is 5.56. The molecule has 0 saturated carbocycles. The molecule has 0 heterocycles. The standard InChI is InChI=1S/C11H23NO3/c1-10(2,3)14-7-8(12)9(13)15-11(4,5)6/h8H,7,12H2,1-6H3. The summed E-state index contributed by atoms with van der Waals surface area (Å²) in [6.45, 7) is 11.3. The van der Waals surface area contributed by atoms with Crippen LogP contribution >= 0.6 is 0 Å². The smallest absolute Gasteiger partial charge is 0.325 e. The molecule has 4 nitrogen and oxygen atoms in total. The molecule has 0 amide bonds. The molecule has 0 fully saturated rings. The molecule has 0 aliphatic carbocycles. The first-order valence-electron chi connectivity index (χ1n) is 5.14. The van der Waals surface area contributed by atoms with Gasteiger partial charge in [0, 0.05) is 0 Å². The monoisotopic (exact) mass is 217 g/mol. The number of hydrogen-bond donors (Lipinski definition) is 1. The van der Waals surface area contributed by atoms with E-state index in [2.05, 4.69) is 0 Å². The van der Waals surface area contributed by atoms with Crippen LogP contribution in [0.25, 0.3) is 0 Å². The third-order valence-corrected chi connectivity index (χ3v) is 1.41. The summed E-state index contributed by atoms with van der Waals surface area (Å²) < 4.78 is 10.5. The third-order valence-electron chi connectivity index (χ3n) is 1.41. The minimum atomic E-state index is -0.719. The summed E-state index contributed by atoms with van der Waals surface area (Å²) in [7, 11) is 0. The Labute approximate surface area is 92.1 Å². The van der Waals surface area contributed by atoms with Crippen molar-refractivity contribution in [2.24, 2.45) is 5.73 Å². The van der Waals surface area contributed by atoms with E-state index >= 15 is 0 Å². The maximum Gasteiger partial charge on any atom is 0.325 e. The van der Waals surface area contributed by atoms with Crippen LogP contribution in [-0.2, 0) is 14.3 Å². The van der Waals surface area contributed by atoms with Gasteiger partial charge in [-0.25, -0.2) is 0 Å². The Kier molecular flexibility index (Phi) is 4.74. The highest BCUT2D eigenvalue weighted by atomic mass is 16.6. The van der Waals surface area contributed by atoms with E-state index in [9.17, 15) is 4.79 Å². The zero-order valence-corrected chi connectivity index (χ0v) is 10.6. The van der Waals surface area contributed by atoms with E-state index in [0.717, 1.165) is 0 Å². The van der Waals surface area contributed by atoms with Crippen molar-refractivity contribution in [3.05, 3.63) is 0 Å². The normalized spacial score (nSPS) is 14.9. The highest BCUT2D eigenvalue weighted by Gasteiger charge is 2.23. The molecule has 0 spiro atoms. The summed E-state index contributed by atoms with van der Waals surface area (Å²) in [5.41, 5.74) is 4.84. The summed E-state index contributed by atoms with van der Waals surface area (Å²) in [4.78, 5) is 11.4. The number of carbonyl (C=O) groups is 1. The molecular formula is C11H23NO3. The zero-order valence-electron chi connectivity index (χ0n) is 10.6. The van der Waals surface area contributed by atoms with E-state index in [0.29, 0.717) is 0 Å². The van der Waals surface area contributed by atoms with Gasteiger partial charge in [-0.2, -0.15) is 0 Å². The maximum absolute atomic E-state index is 11.4. The fourth-order valence-corrected chi connectivity index (χ4v) is 0.785. The number of rotatable bonds is 3. The van der Waals surface area contributed by atoms with Crippen molar-refractivity contribution >= 4 is 5.97 Å². The van der Waals surface area contributed by atoms with Gasteiger partial charge in [-0.1, -0.05) is 0 Å². The second-order valence-corrected chi connectivity index (χ2v) is 5.56. The molecule has 0 bridgehead atoms. The zero-order chi connectivity index (χ0) is 12.3. The molecule has 2 N–H and O–H groups in total. The van der Waals surface area contributed by atoms with Gasteiger partial charge in [-0.05, 0) is 41.5 Å². The number of ether oxygens (including phenoxy) is 2. The fourth-order valence-electron chi connectivity index (χ4n) is 0.785. The quantitative estimate of drug-likeness (QED) is 0.727. The summed E-state index contributed by atoms with van der Waals surface area (Å²) in [6, 6.07) is -0.719. The van der Waals surface area contributed by atoms with Gasteiger partial charge in [0.1, 0.15) is 11.6 Å². The largest absolute Gasteiger partial charge is 0.459 e.